The third kappa shape index (κ3) is 3.27. The average Bonchev–Trinajstić information content (AvgIpc) is 2.84. The minimum absolute atomic E-state index is 0.0161. The number of hydrogen-bond acceptors (Lipinski definition) is 7. The van der Waals surface area contributed by atoms with Gasteiger partial charge in [-0.2, -0.15) is 0 Å². The van der Waals surface area contributed by atoms with Gasteiger partial charge in [0.05, 0.1) is 7.11 Å². The summed E-state index contributed by atoms with van der Waals surface area (Å²) in [5.41, 5.74) is 1.11. The van der Waals surface area contributed by atoms with Crippen LogP contribution in [0.25, 0.3) is 0 Å². The lowest BCUT2D eigenvalue weighted by molar-refractivity contribution is -0.141. The number of aromatic nitrogens is 5. The van der Waals surface area contributed by atoms with Crippen molar-refractivity contribution in [3.8, 4) is 0 Å². The second-order valence-corrected chi connectivity index (χ2v) is 4.28. The van der Waals surface area contributed by atoms with Crippen molar-refractivity contribution < 1.29 is 9.53 Å². The zero-order chi connectivity index (χ0) is 12.8. The zero-order valence-corrected chi connectivity index (χ0v) is 10.5. The third-order valence-corrected chi connectivity index (χ3v) is 3.15. The largest absolute Gasteiger partial charge is 0.468 e. The molecular formula is C10H11N5O2S. The van der Waals surface area contributed by atoms with Gasteiger partial charge in [0, 0.05) is 18.1 Å². The monoisotopic (exact) mass is 265 g/mol. The van der Waals surface area contributed by atoms with Crippen LogP contribution in [0.4, 0.5) is 0 Å². The summed E-state index contributed by atoms with van der Waals surface area (Å²) in [5.74, 6) is 0.331. The van der Waals surface area contributed by atoms with E-state index < -0.39 is 0 Å². The highest BCUT2D eigenvalue weighted by atomic mass is 32.2. The Bertz CT molecular complexity index is 516. The summed E-state index contributed by atoms with van der Waals surface area (Å²) in [4.78, 5) is 15.1. The van der Waals surface area contributed by atoms with Crippen LogP contribution in [0.2, 0.25) is 0 Å². The molecular weight excluding hydrogens is 254 g/mol. The van der Waals surface area contributed by atoms with Crippen LogP contribution in [0.1, 0.15) is 5.56 Å². The Kier molecular flexibility index (Phi) is 4.24. The van der Waals surface area contributed by atoms with Gasteiger partial charge >= 0.3 is 5.97 Å². The molecule has 0 amide bonds. The van der Waals surface area contributed by atoms with Crippen LogP contribution in [-0.2, 0) is 21.8 Å². The van der Waals surface area contributed by atoms with Crippen LogP contribution in [-0.4, -0.2) is 38.3 Å². The van der Waals surface area contributed by atoms with Crippen LogP contribution in [0.3, 0.4) is 0 Å². The Morgan fingerprint density at radius 3 is 2.94 bits per heavy atom. The van der Waals surface area contributed by atoms with E-state index in [1.54, 1.807) is 12.4 Å². The van der Waals surface area contributed by atoms with Gasteiger partial charge in [-0.3, -0.25) is 9.78 Å². The Morgan fingerprint density at radius 2 is 2.22 bits per heavy atom. The van der Waals surface area contributed by atoms with Gasteiger partial charge in [0.2, 0.25) is 5.16 Å². The molecule has 2 aromatic heterocycles. The zero-order valence-electron chi connectivity index (χ0n) is 9.68. The first-order valence-corrected chi connectivity index (χ1v) is 6.13. The lowest BCUT2D eigenvalue weighted by atomic mass is 10.3. The molecule has 0 N–H and O–H groups in total. The second kappa shape index (κ2) is 6.10. The van der Waals surface area contributed by atoms with Crippen molar-refractivity contribution in [1.82, 2.24) is 25.2 Å². The SMILES string of the molecule is COC(=O)Cn1nnnc1SCc1ccncc1. The molecule has 7 nitrogen and oxygen atoms in total. The van der Waals surface area contributed by atoms with Gasteiger partial charge in [-0.05, 0) is 28.1 Å². The molecule has 0 saturated heterocycles. The lowest BCUT2D eigenvalue weighted by Gasteiger charge is -2.02. The van der Waals surface area contributed by atoms with E-state index in [2.05, 4.69) is 25.2 Å². The molecule has 0 saturated carbocycles. The van der Waals surface area contributed by atoms with E-state index in [1.807, 2.05) is 12.1 Å². The molecule has 0 radical (unpaired) electrons. The van der Waals surface area contributed by atoms with E-state index in [9.17, 15) is 4.79 Å². The normalized spacial score (nSPS) is 10.3. The molecule has 0 aliphatic carbocycles. The number of esters is 1. The Morgan fingerprint density at radius 1 is 1.44 bits per heavy atom. The Hall–Kier alpha value is -1.96. The first kappa shape index (κ1) is 12.5. The summed E-state index contributed by atoms with van der Waals surface area (Å²) in [7, 11) is 1.33. The van der Waals surface area contributed by atoms with Crippen LogP contribution in [0.5, 0.6) is 0 Å². The number of methoxy groups -OCH3 is 1. The number of ether oxygens (including phenoxy) is 1. The van der Waals surface area contributed by atoms with E-state index in [4.69, 9.17) is 0 Å². The van der Waals surface area contributed by atoms with E-state index in [1.165, 1.54) is 23.6 Å². The van der Waals surface area contributed by atoms with Gasteiger partial charge in [0.1, 0.15) is 6.54 Å². The molecule has 8 heteroatoms. The van der Waals surface area contributed by atoms with E-state index in [-0.39, 0.29) is 12.5 Å². The first-order chi connectivity index (χ1) is 8.79. The van der Waals surface area contributed by atoms with Crippen LogP contribution in [0.15, 0.2) is 29.7 Å². The summed E-state index contributed by atoms with van der Waals surface area (Å²) in [6.07, 6.45) is 3.46. The first-order valence-electron chi connectivity index (χ1n) is 5.14. The summed E-state index contributed by atoms with van der Waals surface area (Å²) < 4.78 is 5.98. The molecule has 0 atom stereocenters. The highest BCUT2D eigenvalue weighted by Gasteiger charge is 2.10. The standard InChI is InChI=1S/C10H11N5O2S/c1-17-9(16)6-15-10(12-13-14-15)18-7-8-2-4-11-5-3-8/h2-5H,6-7H2,1H3. The van der Waals surface area contributed by atoms with Crippen molar-refractivity contribution in [1.29, 1.82) is 0 Å². The fourth-order valence-electron chi connectivity index (χ4n) is 1.21. The maximum Gasteiger partial charge on any atom is 0.327 e. The second-order valence-electron chi connectivity index (χ2n) is 3.34. The number of carbonyl (C=O) groups is 1. The molecule has 18 heavy (non-hydrogen) atoms. The van der Waals surface area contributed by atoms with Gasteiger partial charge < -0.3 is 4.74 Å². The summed E-state index contributed by atoms with van der Waals surface area (Å²) in [5, 5.41) is 11.7. The van der Waals surface area contributed by atoms with Gasteiger partial charge in [-0.1, -0.05) is 11.8 Å². The van der Waals surface area contributed by atoms with E-state index >= 15 is 0 Å². The number of thioether (sulfide) groups is 1. The van der Waals surface area contributed by atoms with Gasteiger partial charge in [-0.15, -0.1) is 5.10 Å². The minimum atomic E-state index is -0.381. The number of carbonyl (C=O) groups excluding carboxylic acids is 1. The van der Waals surface area contributed by atoms with Crippen LogP contribution in [0, 0.1) is 0 Å². The number of rotatable bonds is 5. The van der Waals surface area contributed by atoms with Crippen LogP contribution < -0.4 is 0 Å². The van der Waals surface area contributed by atoms with Crippen molar-refractivity contribution in [2.45, 2.75) is 17.5 Å². The lowest BCUT2D eigenvalue weighted by Crippen LogP contribution is -2.13. The Labute approximate surface area is 108 Å². The molecule has 0 aliphatic heterocycles. The fraction of sp³-hybridized carbons (Fsp3) is 0.300. The van der Waals surface area contributed by atoms with Crippen molar-refractivity contribution in [3.05, 3.63) is 30.1 Å². The van der Waals surface area contributed by atoms with E-state index in [0.29, 0.717) is 10.9 Å². The fourth-order valence-corrected chi connectivity index (χ4v) is 2.05. The van der Waals surface area contributed by atoms with Crippen molar-refractivity contribution in [2.75, 3.05) is 7.11 Å². The molecule has 2 aromatic rings. The van der Waals surface area contributed by atoms with Gasteiger partial charge in [-0.25, -0.2) is 4.68 Å². The number of hydrogen-bond donors (Lipinski definition) is 0. The number of pyridine rings is 1. The molecule has 2 rings (SSSR count). The van der Waals surface area contributed by atoms with E-state index in [0.717, 1.165) is 5.56 Å². The molecule has 0 spiro atoms. The molecule has 0 fully saturated rings. The van der Waals surface area contributed by atoms with Gasteiger partial charge in [0.15, 0.2) is 0 Å². The maximum atomic E-state index is 11.1. The van der Waals surface area contributed by atoms with Crippen molar-refractivity contribution >= 4 is 17.7 Å². The average molecular weight is 265 g/mol. The molecule has 0 aromatic carbocycles. The smallest absolute Gasteiger partial charge is 0.327 e. The Balaban J connectivity index is 1.98. The third-order valence-electron chi connectivity index (χ3n) is 2.12. The quantitative estimate of drug-likeness (QED) is 0.576. The molecule has 0 unspecified atom stereocenters. The number of tetrazole rings is 1. The molecule has 94 valence electrons. The highest BCUT2D eigenvalue weighted by molar-refractivity contribution is 7.98. The molecule has 0 aliphatic rings. The maximum absolute atomic E-state index is 11.1. The summed E-state index contributed by atoms with van der Waals surface area (Å²) in [6, 6.07) is 3.84. The predicted octanol–water partition coefficient (Wildman–Crippen LogP) is 0.533. The summed E-state index contributed by atoms with van der Waals surface area (Å²) >= 11 is 1.45. The minimum Gasteiger partial charge on any atom is -0.468 e. The van der Waals surface area contributed by atoms with Gasteiger partial charge in [0.25, 0.3) is 0 Å². The predicted molar refractivity (Wildman–Crippen MR) is 63.6 cm³/mol. The molecule has 0 bridgehead atoms. The van der Waals surface area contributed by atoms with Crippen molar-refractivity contribution in [3.63, 3.8) is 0 Å². The van der Waals surface area contributed by atoms with Crippen LogP contribution >= 0.6 is 11.8 Å². The summed E-state index contributed by atoms with van der Waals surface area (Å²) in [6.45, 7) is 0.0161. The van der Waals surface area contributed by atoms with Crippen molar-refractivity contribution in [2.24, 2.45) is 0 Å². The topological polar surface area (TPSA) is 82.8 Å². The highest BCUT2D eigenvalue weighted by Crippen LogP contribution is 2.19. The number of nitrogens with zero attached hydrogens (tertiary/aromatic N) is 5. The molecule has 2 heterocycles.